The number of furan rings is 1. The fourth-order valence-electron chi connectivity index (χ4n) is 18.3. The monoisotopic (exact) mass is 1560 g/mol. The minimum absolute atomic E-state index is 0.114. The fourth-order valence-corrected chi connectivity index (χ4v) is 19.5. The van der Waals surface area contributed by atoms with E-state index in [-0.39, 0.29) is 5.41 Å². The van der Waals surface area contributed by atoms with Crippen LogP contribution >= 0.6 is 11.3 Å². The number of hydrogen-bond acceptors (Lipinski definition) is 2. The number of imidazole rings is 4. The van der Waals surface area contributed by atoms with Crippen LogP contribution in [0.2, 0.25) is 0 Å². The molecule has 20 rings (SSSR count). The Bertz CT molecular complexity index is 6990. The highest BCUT2D eigenvalue weighted by molar-refractivity contribution is 7.25. The zero-order valence-electron chi connectivity index (χ0n) is 71.8. The summed E-state index contributed by atoms with van der Waals surface area (Å²) < 4.78 is 27.5. The molecule has 0 aliphatic carbocycles. The van der Waals surface area contributed by atoms with Gasteiger partial charge < -0.3 is 4.42 Å². The van der Waals surface area contributed by atoms with E-state index < -0.39 is 0 Å². The molecule has 0 radical (unpaired) electrons. The SMILES string of the molecule is Cc1cc2oc3ccccc3c2cc1-c1n(-c2c(C(C)C)cccc2C(C)C)cc[n+]1C.Cc1cc2sc3ccccc3c2cc1-c1n(-c2c(C(C)C)cccc2C(C)C)cc[n+]1C.Cc1cccc2c3cc(C(C)(C)C)ccc3n3c(-c4ccccc4)c[n+](C)c3c12.Cc1cccc2c3ccccc3n3c(-c4ccccc4)c[n+](C)c3c12. The Morgan fingerprint density at radius 3 is 1.27 bits per heavy atom. The topological polar surface area (TPSA) is 47.3 Å². The Labute approximate surface area is 697 Å². The number of hydrogen-bond donors (Lipinski definition) is 0. The van der Waals surface area contributed by atoms with Crippen LogP contribution in [0, 0.1) is 27.7 Å². The van der Waals surface area contributed by atoms with Crippen molar-refractivity contribution in [2.24, 2.45) is 28.2 Å². The van der Waals surface area contributed by atoms with Crippen LogP contribution in [-0.4, -0.2) is 17.9 Å². The highest BCUT2D eigenvalue weighted by atomic mass is 32.1. The summed E-state index contributed by atoms with van der Waals surface area (Å²) in [6.07, 6.45) is 13.3. The molecule has 8 aromatic heterocycles. The van der Waals surface area contributed by atoms with Crippen molar-refractivity contribution < 1.29 is 22.7 Å². The van der Waals surface area contributed by atoms with E-state index in [0.29, 0.717) is 23.7 Å². The average Bonchev–Trinajstić information content (AvgIpc) is 1.49. The van der Waals surface area contributed by atoms with Gasteiger partial charge in [-0.1, -0.05) is 270 Å². The first-order chi connectivity index (χ1) is 56.8. The summed E-state index contributed by atoms with van der Waals surface area (Å²) in [4.78, 5) is 0. The summed E-state index contributed by atoms with van der Waals surface area (Å²) in [6, 6.07) is 90.1. The van der Waals surface area contributed by atoms with Gasteiger partial charge in [-0.3, -0.25) is 0 Å². The maximum atomic E-state index is 6.14. The molecule has 0 spiro atoms. The normalized spacial score (nSPS) is 12.0. The lowest BCUT2D eigenvalue weighted by molar-refractivity contribution is -0.659. The Kier molecular flexibility index (Phi) is 20.6. The highest BCUT2D eigenvalue weighted by Crippen LogP contribution is 2.44. The molecule has 0 unspecified atom stereocenters. The molecule has 12 aromatic carbocycles. The quantitative estimate of drug-likeness (QED) is 0.0994. The number of thiophene rings is 1. The zero-order valence-corrected chi connectivity index (χ0v) is 72.7. The van der Waals surface area contributed by atoms with Gasteiger partial charge in [0.1, 0.15) is 70.8 Å². The number of benzene rings is 12. The summed E-state index contributed by atoms with van der Waals surface area (Å²) in [5.41, 5.74) is 29.1. The second kappa shape index (κ2) is 31.2. The summed E-state index contributed by atoms with van der Waals surface area (Å²) in [5, 5.41) is 12.9. The zero-order chi connectivity index (χ0) is 82.4. The molecule has 0 amide bonds. The van der Waals surface area contributed by atoms with E-state index in [0.717, 1.165) is 21.9 Å². The van der Waals surface area contributed by atoms with Crippen molar-refractivity contribution in [1.29, 1.82) is 0 Å². The molecule has 20 aromatic rings. The molecular weight excluding hydrogens is 1460 g/mol. The van der Waals surface area contributed by atoms with Crippen LogP contribution < -0.4 is 18.3 Å². The van der Waals surface area contributed by atoms with E-state index in [1.54, 1.807) is 0 Å². The van der Waals surface area contributed by atoms with Crippen molar-refractivity contribution in [3.63, 3.8) is 0 Å². The minimum atomic E-state index is 0.114. The minimum Gasteiger partial charge on any atom is -0.456 e. The predicted octanol–water partition coefficient (Wildman–Crippen LogP) is 26.7. The molecule has 0 aliphatic heterocycles. The molecule has 0 aliphatic rings. The standard InChI is InChI=1S/C29H31N2O.C29H31N2S.C27H27N2.C23H19N2/c2*1-18(2)21-11-9-12-22(19(3)4)28(21)31-15-14-30(6)29(31)24-17-25-23-10-7-8-13-26(23)32-27(25)16-20(24)5;1-18-10-9-13-21-22-16-20(27(2,3)4)14-15-23(22)29-24(19-11-7-6-8-12-19)17-28(5)26(29)25(18)21;1-16-9-8-13-19-18-12-6-7-14-20(18)25-21(17-10-4-3-5-11-17)15-24(2)23(25)22(16)19/h2*7-19H,1-6H3;6-17H,1-5H3;3-15H,1-2H3/q4*+1. The van der Waals surface area contributed by atoms with Crippen LogP contribution in [0.25, 0.3) is 153 Å². The molecule has 118 heavy (non-hydrogen) atoms. The lowest BCUT2D eigenvalue weighted by atomic mass is 9.85. The van der Waals surface area contributed by atoms with Crippen LogP contribution in [0.3, 0.4) is 0 Å². The van der Waals surface area contributed by atoms with Crippen LogP contribution in [0.1, 0.15) is 150 Å². The molecule has 8 heterocycles. The summed E-state index contributed by atoms with van der Waals surface area (Å²) >= 11 is 1.89. The molecule has 0 N–H and O–H groups in total. The van der Waals surface area contributed by atoms with Crippen LogP contribution in [0.4, 0.5) is 0 Å². The summed E-state index contributed by atoms with van der Waals surface area (Å²) in [5.74, 6) is 4.19. The first kappa shape index (κ1) is 78.0. The second-order valence-electron chi connectivity index (χ2n) is 34.7. The smallest absolute Gasteiger partial charge is 0.295 e. The van der Waals surface area contributed by atoms with Crippen molar-refractivity contribution in [3.05, 3.63) is 336 Å². The van der Waals surface area contributed by atoms with E-state index in [9.17, 15) is 0 Å². The van der Waals surface area contributed by atoms with Crippen LogP contribution in [0.15, 0.2) is 290 Å². The Balaban J connectivity index is 0.000000113. The van der Waals surface area contributed by atoms with Gasteiger partial charge in [-0.2, -0.15) is 17.9 Å². The third kappa shape index (κ3) is 13.7. The van der Waals surface area contributed by atoms with Crippen molar-refractivity contribution in [2.45, 2.75) is 133 Å². The van der Waals surface area contributed by atoms with Gasteiger partial charge in [0, 0.05) is 85.9 Å². The number of aromatic nitrogens is 8. The maximum absolute atomic E-state index is 6.14. The Hall–Kier alpha value is -12.5. The fraction of sp³-hybridized carbons (Fsp3) is 0.222. The summed E-state index contributed by atoms with van der Waals surface area (Å²) in [6.45, 7) is 34.0. The van der Waals surface area contributed by atoms with Gasteiger partial charge >= 0.3 is 0 Å². The third-order valence-corrected chi connectivity index (χ3v) is 25.4. The molecule has 0 saturated heterocycles. The largest absolute Gasteiger partial charge is 0.456 e. The first-order valence-electron chi connectivity index (χ1n) is 41.9. The van der Waals surface area contributed by atoms with Gasteiger partial charge in [-0.25, -0.2) is 18.3 Å². The first-order valence-corrected chi connectivity index (χ1v) is 42.7. The number of nitrogens with zero attached hydrogens (tertiary/aromatic N) is 8. The van der Waals surface area contributed by atoms with E-state index >= 15 is 0 Å². The van der Waals surface area contributed by atoms with Gasteiger partial charge in [0.25, 0.3) is 22.9 Å². The number of aryl methyl sites for hydroxylation is 8. The van der Waals surface area contributed by atoms with Crippen LogP contribution in [-0.2, 0) is 33.6 Å². The predicted molar refractivity (Wildman–Crippen MR) is 497 cm³/mol. The summed E-state index contributed by atoms with van der Waals surface area (Å²) in [7, 11) is 8.59. The lowest BCUT2D eigenvalue weighted by Gasteiger charge is -2.20. The highest BCUT2D eigenvalue weighted by Gasteiger charge is 2.32. The second-order valence-corrected chi connectivity index (χ2v) is 35.8. The average molecular weight is 1570 g/mol. The van der Waals surface area contributed by atoms with Crippen molar-refractivity contribution >= 4 is 108 Å². The van der Waals surface area contributed by atoms with Crippen molar-refractivity contribution in [1.82, 2.24) is 17.9 Å². The molecule has 588 valence electrons. The van der Waals surface area contributed by atoms with Crippen LogP contribution in [0.5, 0.6) is 0 Å². The molecule has 0 fully saturated rings. The van der Waals surface area contributed by atoms with Crippen molar-refractivity contribution in [3.8, 4) is 56.7 Å². The van der Waals surface area contributed by atoms with Gasteiger partial charge in [0.05, 0.1) is 50.1 Å². The maximum Gasteiger partial charge on any atom is 0.295 e. The molecular formula is C108H108N8OS+4. The number of pyridine rings is 2. The van der Waals surface area contributed by atoms with Gasteiger partial charge in [-0.15, -0.1) is 11.3 Å². The van der Waals surface area contributed by atoms with Crippen molar-refractivity contribution in [2.75, 3.05) is 0 Å². The molecule has 9 nitrogen and oxygen atoms in total. The van der Waals surface area contributed by atoms with E-state index in [1.807, 2.05) is 23.5 Å². The van der Waals surface area contributed by atoms with Gasteiger partial charge in [0.2, 0.25) is 0 Å². The van der Waals surface area contributed by atoms with Gasteiger partial charge in [0.15, 0.2) is 11.4 Å². The third-order valence-electron chi connectivity index (χ3n) is 24.3. The molecule has 10 heteroatoms. The molecule has 0 saturated carbocycles. The van der Waals surface area contributed by atoms with Gasteiger partial charge in [-0.05, 0) is 139 Å². The number of fused-ring (bicyclic) bond motifs is 18. The van der Waals surface area contributed by atoms with E-state index in [2.05, 4.69) is 442 Å². The Morgan fingerprint density at radius 2 is 0.763 bits per heavy atom. The molecule has 0 bridgehead atoms. The van der Waals surface area contributed by atoms with E-state index in [4.69, 9.17) is 4.42 Å². The Morgan fingerprint density at radius 1 is 0.339 bits per heavy atom. The van der Waals surface area contributed by atoms with E-state index in [1.165, 1.54) is 182 Å². The lowest BCUT2D eigenvalue weighted by Crippen LogP contribution is -2.29. The molecule has 0 atom stereocenters. The number of rotatable bonds is 10. The number of para-hydroxylation sites is 4.